The topological polar surface area (TPSA) is 63.2 Å². The summed E-state index contributed by atoms with van der Waals surface area (Å²) in [6.45, 7) is 11.4. The molecule has 0 saturated heterocycles. The molecule has 1 aromatic carbocycles. The van der Waals surface area contributed by atoms with Crippen LogP contribution in [0.4, 0.5) is 0 Å². The lowest BCUT2D eigenvalue weighted by atomic mass is 10.1. The van der Waals surface area contributed by atoms with E-state index in [1.165, 1.54) is 109 Å². The maximum absolute atomic E-state index is 11.9. The number of carbonyl (C=O) groups is 1. The van der Waals surface area contributed by atoms with Crippen molar-refractivity contribution in [3.63, 3.8) is 0 Å². The summed E-state index contributed by atoms with van der Waals surface area (Å²) in [4.78, 5) is 11.9. The third-order valence-corrected chi connectivity index (χ3v) is 10.4. The van der Waals surface area contributed by atoms with Crippen LogP contribution in [0.15, 0.2) is 18.2 Å². The highest BCUT2D eigenvalue weighted by molar-refractivity contribution is 7.47. The van der Waals surface area contributed by atoms with Crippen molar-refractivity contribution >= 4 is 23.0 Å². The number of unbranched alkanes of at least 4 members (excludes halogenated alkanes) is 16. The summed E-state index contributed by atoms with van der Waals surface area (Å²) in [6.07, 6.45) is 24.9. The summed E-state index contributed by atoms with van der Waals surface area (Å²) in [5.74, 6) is 1.52. The first-order chi connectivity index (χ1) is 21.6. The van der Waals surface area contributed by atoms with Gasteiger partial charge in [-0.3, -0.25) is 4.79 Å². The molecule has 0 aromatic heterocycles. The van der Waals surface area contributed by atoms with E-state index >= 15 is 0 Å². The van der Waals surface area contributed by atoms with Gasteiger partial charge in [-0.2, -0.15) is 0 Å². The van der Waals surface area contributed by atoms with Gasteiger partial charge < -0.3 is 23.0 Å². The van der Waals surface area contributed by atoms with Gasteiger partial charge >= 0.3 is 0 Å². The molecule has 0 aliphatic rings. The Kier molecular flexibility index (Phi) is 28.9. The summed E-state index contributed by atoms with van der Waals surface area (Å²) < 4.78 is 29.0. The molecule has 0 bridgehead atoms. The molecule has 0 aliphatic carbocycles. The van der Waals surface area contributed by atoms with Crippen molar-refractivity contribution in [1.82, 2.24) is 0 Å². The minimum atomic E-state index is -0.671. The van der Waals surface area contributed by atoms with Crippen LogP contribution >= 0.6 is 17.2 Å². The first-order valence-corrected chi connectivity index (χ1v) is 20.4. The minimum Gasteiger partial charge on any atom is -0.490 e. The van der Waals surface area contributed by atoms with Crippen molar-refractivity contribution in [3.8, 4) is 11.5 Å². The number of rotatable bonds is 33. The van der Waals surface area contributed by atoms with E-state index in [-0.39, 0.29) is 5.78 Å². The Morgan fingerprint density at radius 1 is 0.614 bits per heavy atom. The number of hydrogen-bond donors (Lipinski definition) is 0. The molecular weight excluding hydrogens is 590 g/mol. The van der Waals surface area contributed by atoms with E-state index < -0.39 is 8.38 Å². The highest BCUT2D eigenvalue weighted by Crippen LogP contribution is 2.39. The molecule has 0 N–H and O–H groups in total. The van der Waals surface area contributed by atoms with Gasteiger partial charge in [0.05, 0.1) is 26.4 Å². The van der Waals surface area contributed by atoms with E-state index in [1.807, 2.05) is 32.0 Å². The second-order valence-electron chi connectivity index (χ2n) is 11.5. The van der Waals surface area contributed by atoms with Crippen molar-refractivity contribution in [2.75, 3.05) is 45.4 Å². The molecule has 1 atom stereocenters. The van der Waals surface area contributed by atoms with Gasteiger partial charge in [-0.1, -0.05) is 89.9 Å². The van der Waals surface area contributed by atoms with Crippen molar-refractivity contribution in [2.45, 2.75) is 143 Å². The fraction of sp³-hybridized carbons (Fsp3) is 0.806. The summed E-state index contributed by atoms with van der Waals surface area (Å²) in [6, 6.07) is 5.59. The smallest absolute Gasteiger partial charge is 0.170 e. The normalized spacial score (nSPS) is 11.7. The Bertz CT molecular complexity index is 788. The summed E-state index contributed by atoms with van der Waals surface area (Å²) in [5.41, 5.74) is 0.675. The maximum Gasteiger partial charge on any atom is 0.170 e. The van der Waals surface area contributed by atoms with Gasteiger partial charge in [0, 0.05) is 27.1 Å². The van der Waals surface area contributed by atoms with E-state index in [2.05, 4.69) is 6.92 Å². The molecule has 1 aromatic rings. The van der Waals surface area contributed by atoms with Crippen LogP contribution in [-0.4, -0.2) is 51.1 Å². The number of ether oxygens (including phenoxy) is 2. The summed E-state index contributed by atoms with van der Waals surface area (Å²) >= 11 is 0. The van der Waals surface area contributed by atoms with E-state index in [1.54, 1.807) is 6.92 Å². The maximum atomic E-state index is 11.9. The summed E-state index contributed by atoms with van der Waals surface area (Å²) in [7, 11) is 0.0181. The third kappa shape index (κ3) is 23.6. The quantitative estimate of drug-likeness (QED) is 0.0426. The van der Waals surface area contributed by atoms with Crippen LogP contribution < -0.4 is 9.47 Å². The second kappa shape index (κ2) is 30.9. The largest absolute Gasteiger partial charge is 0.490 e. The molecule has 6 nitrogen and oxygen atoms in total. The summed E-state index contributed by atoms with van der Waals surface area (Å²) in [5, 5.41) is 0. The molecule has 0 radical (unpaired) electrons. The Hall–Kier alpha value is -0.770. The fourth-order valence-electron chi connectivity index (χ4n) is 5.07. The van der Waals surface area contributed by atoms with Gasteiger partial charge in [-0.05, 0) is 77.7 Å². The van der Waals surface area contributed by atoms with Crippen molar-refractivity contribution in [2.24, 2.45) is 0 Å². The molecule has 44 heavy (non-hydrogen) atoms. The third-order valence-electron chi connectivity index (χ3n) is 7.57. The molecule has 1 unspecified atom stereocenters. The first kappa shape index (κ1) is 41.3. The van der Waals surface area contributed by atoms with Crippen molar-refractivity contribution in [1.29, 1.82) is 0 Å². The molecular formula is C36H66O6P2. The number of carbonyl (C=O) groups excluding carboxylic acids is 1. The van der Waals surface area contributed by atoms with Crippen molar-refractivity contribution in [3.05, 3.63) is 23.8 Å². The van der Waals surface area contributed by atoms with E-state index in [4.69, 9.17) is 23.0 Å². The second-order valence-corrected chi connectivity index (χ2v) is 14.2. The van der Waals surface area contributed by atoms with Crippen molar-refractivity contribution < 1.29 is 27.8 Å². The average molecular weight is 657 g/mol. The first-order valence-electron chi connectivity index (χ1n) is 17.9. The number of Topliss-reactive ketones (excluding diaryl/α,β-unsaturated/α-hetero) is 1. The zero-order valence-electron chi connectivity index (χ0n) is 28.8. The number of ketones is 1. The van der Waals surface area contributed by atoms with Crippen LogP contribution in [0, 0.1) is 0 Å². The van der Waals surface area contributed by atoms with Crippen LogP contribution in [0.1, 0.15) is 154 Å². The Morgan fingerprint density at radius 3 is 1.59 bits per heavy atom. The molecule has 8 heteroatoms. The van der Waals surface area contributed by atoms with E-state index in [0.717, 1.165) is 44.6 Å². The van der Waals surface area contributed by atoms with Crippen LogP contribution in [-0.2, 0) is 13.6 Å². The Labute approximate surface area is 274 Å². The minimum absolute atomic E-state index is 0.0525. The lowest BCUT2D eigenvalue weighted by molar-refractivity contribution is 0.101. The predicted octanol–water partition coefficient (Wildman–Crippen LogP) is 11.7. The molecule has 1 rings (SSSR count). The Morgan fingerprint density at radius 2 is 1.09 bits per heavy atom. The number of benzene rings is 1. The number of hydrogen-bond acceptors (Lipinski definition) is 6. The van der Waals surface area contributed by atoms with Gasteiger partial charge in [0.1, 0.15) is 0 Å². The monoisotopic (exact) mass is 656 g/mol. The molecule has 0 aliphatic heterocycles. The van der Waals surface area contributed by atoms with E-state index in [0.29, 0.717) is 33.3 Å². The molecule has 0 spiro atoms. The molecule has 0 saturated carbocycles. The van der Waals surface area contributed by atoms with Gasteiger partial charge in [0.2, 0.25) is 0 Å². The highest BCUT2D eigenvalue weighted by atomic mass is 31.2. The van der Waals surface area contributed by atoms with Crippen LogP contribution in [0.2, 0.25) is 0 Å². The predicted molar refractivity (Wildman–Crippen MR) is 190 cm³/mol. The van der Waals surface area contributed by atoms with Gasteiger partial charge in [-0.25, -0.2) is 0 Å². The van der Waals surface area contributed by atoms with Crippen LogP contribution in [0.5, 0.6) is 11.5 Å². The molecule has 0 fully saturated rings. The Balaban J connectivity index is 2.12. The highest BCUT2D eigenvalue weighted by Gasteiger charge is 2.10. The van der Waals surface area contributed by atoms with Gasteiger partial charge in [-0.15, -0.1) is 0 Å². The average Bonchev–Trinajstić information content (AvgIpc) is 3.02. The molecule has 0 heterocycles. The lowest BCUT2D eigenvalue weighted by Crippen LogP contribution is -2.04. The van der Waals surface area contributed by atoms with Crippen LogP contribution in [0.25, 0.3) is 0 Å². The standard InChI is InChI=1S/C36H66O6P2/c1-5-40-43-30-24-20-16-12-8-10-14-18-22-28-38-35-27-26-34(33(4)37)32-36(35)39-29-23-19-15-11-9-13-17-21-25-31-44(41-6-2)42-7-3/h26-27,32,43H,5-25,28-31H2,1-4H3. The van der Waals surface area contributed by atoms with E-state index in [9.17, 15) is 4.79 Å². The van der Waals surface area contributed by atoms with Crippen LogP contribution in [0.3, 0.4) is 0 Å². The molecule has 0 amide bonds. The SMILES string of the molecule is CCOPCCCCCCCCCCCOc1ccc(C(C)=O)cc1OCCCCCCCCCCCP(OCC)OCC. The van der Waals surface area contributed by atoms with Gasteiger partial charge in [0.25, 0.3) is 0 Å². The lowest BCUT2D eigenvalue weighted by Gasteiger charge is -2.15. The fourth-order valence-corrected chi connectivity index (χ4v) is 7.20. The molecule has 256 valence electrons. The zero-order chi connectivity index (χ0) is 31.9. The zero-order valence-corrected chi connectivity index (χ0v) is 30.7. The van der Waals surface area contributed by atoms with Gasteiger partial charge in [0.15, 0.2) is 25.7 Å².